The van der Waals surface area contributed by atoms with Gasteiger partial charge in [-0.15, -0.1) is 0 Å². The molecule has 2 heterocycles. The fourth-order valence-electron chi connectivity index (χ4n) is 5.87. The van der Waals surface area contributed by atoms with Crippen molar-refractivity contribution in [1.82, 2.24) is 15.1 Å². The molecule has 2 fully saturated rings. The number of hydrogen-bond acceptors (Lipinski definition) is 5. The van der Waals surface area contributed by atoms with Crippen molar-refractivity contribution < 1.29 is 23.9 Å². The highest BCUT2D eigenvalue weighted by Crippen LogP contribution is 2.45. The maximum atomic E-state index is 13.4. The highest BCUT2D eigenvalue weighted by atomic mass is 35.5. The van der Waals surface area contributed by atoms with Crippen molar-refractivity contribution in [3.63, 3.8) is 0 Å². The van der Waals surface area contributed by atoms with Crippen LogP contribution in [0, 0.1) is 5.41 Å². The Hall–Kier alpha value is -2.84. The molecule has 0 radical (unpaired) electrons. The van der Waals surface area contributed by atoms with Gasteiger partial charge in [0.15, 0.2) is 5.76 Å². The number of nitrogens with one attached hydrogen (secondary N) is 1. The normalized spacial score (nSPS) is 26.2. The van der Waals surface area contributed by atoms with Crippen LogP contribution < -0.4 is 5.32 Å². The van der Waals surface area contributed by atoms with Crippen LogP contribution in [0.5, 0.6) is 0 Å². The Kier molecular flexibility index (Phi) is 7.99. The van der Waals surface area contributed by atoms with Crippen LogP contribution in [0.1, 0.15) is 63.4 Å². The van der Waals surface area contributed by atoms with Crippen LogP contribution in [-0.4, -0.2) is 70.4 Å². The fraction of sp³-hybridized carbons (Fsp3) is 0.536. The molecule has 2 amide bonds. The maximum absolute atomic E-state index is 13.4. The first-order valence-corrected chi connectivity index (χ1v) is 13.4. The number of carbonyl (C=O) groups excluding carboxylic acids is 2. The molecule has 1 aliphatic heterocycles. The van der Waals surface area contributed by atoms with Gasteiger partial charge < -0.3 is 24.6 Å². The number of nitrogens with zero attached hydrogens (tertiary/aromatic N) is 2. The predicted octanol–water partition coefficient (Wildman–Crippen LogP) is 4.67. The van der Waals surface area contributed by atoms with Crippen LogP contribution in [0.3, 0.4) is 0 Å². The lowest BCUT2D eigenvalue weighted by Crippen LogP contribution is -2.59. The van der Waals surface area contributed by atoms with E-state index in [0.29, 0.717) is 49.1 Å². The number of rotatable bonds is 8. The number of carbonyl (C=O) groups is 3. The van der Waals surface area contributed by atoms with Crippen LogP contribution >= 0.6 is 11.6 Å². The fourth-order valence-corrected chi connectivity index (χ4v) is 6.00. The molecule has 0 bridgehead atoms. The topological polar surface area (TPSA) is 103 Å². The minimum absolute atomic E-state index is 0.113. The highest BCUT2D eigenvalue weighted by molar-refractivity contribution is 6.30. The van der Waals surface area contributed by atoms with E-state index in [-0.39, 0.29) is 17.7 Å². The minimum atomic E-state index is -1.02. The Bertz CT molecular complexity index is 1150. The van der Waals surface area contributed by atoms with E-state index in [1.54, 1.807) is 41.3 Å². The van der Waals surface area contributed by atoms with Gasteiger partial charge in [0.1, 0.15) is 11.8 Å². The molecule has 9 heteroatoms. The first kappa shape index (κ1) is 27.2. The summed E-state index contributed by atoms with van der Waals surface area (Å²) in [6.45, 7) is 6.53. The lowest BCUT2D eigenvalue weighted by Gasteiger charge is -2.49. The van der Waals surface area contributed by atoms with Crippen molar-refractivity contribution in [2.24, 2.45) is 5.41 Å². The molecule has 1 saturated carbocycles. The molecular weight excluding hydrogens is 494 g/mol. The zero-order chi connectivity index (χ0) is 26.9. The van der Waals surface area contributed by atoms with Crippen LogP contribution in [0.4, 0.5) is 0 Å². The summed E-state index contributed by atoms with van der Waals surface area (Å²) in [6.07, 6.45) is 2.82. The molecule has 1 aromatic carbocycles. The van der Waals surface area contributed by atoms with Crippen LogP contribution in [-0.2, 0) is 9.59 Å². The first-order chi connectivity index (χ1) is 17.6. The van der Waals surface area contributed by atoms with Crippen molar-refractivity contribution in [2.75, 3.05) is 13.6 Å². The second-order valence-corrected chi connectivity index (χ2v) is 11.0. The van der Waals surface area contributed by atoms with Crippen LogP contribution in [0.2, 0.25) is 5.02 Å². The SMILES string of the molecule is CCC1(C(=O)O)CC(N(C)C(C)C)CCC1N1CC[C@H](NC(=O)c2ccc(-c3ccc(Cl)cc3)o2)C1=O. The lowest BCUT2D eigenvalue weighted by atomic mass is 9.65. The average molecular weight is 530 g/mol. The lowest BCUT2D eigenvalue weighted by molar-refractivity contribution is -0.161. The van der Waals surface area contributed by atoms with E-state index in [2.05, 4.69) is 24.1 Å². The Morgan fingerprint density at radius 3 is 2.51 bits per heavy atom. The number of carboxylic acid groups (broad SMARTS) is 1. The number of amides is 2. The van der Waals surface area contributed by atoms with Gasteiger partial charge in [0.05, 0.1) is 5.41 Å². The van der Waals surface area contributed by atoms with Gasteiger partial charge in [-0.25, -0.2) is 0 Å². The third kappa shape index (κ3) is 5.27. The predicted molar refractivity (Wildman–Crippen MR) is 141 cm³/mol. The van der Waals surface area contributed by atoms with E-state index >= 15 is 0 Å². The largest absolute Gasteiger partial charge is 0.481 e. The molecule has 1 aromatic heterocycles. The molecule has 4 atom stereocenters. The molecule has 8 nitrogen and oxygen atoms in total. The van der Waals surface area contributed by atoms with E-state index in [9.17, 15) is 19.5 Å². The van der Waals surface area contributed by atoms with E-state index in [1.807, 2.05) is 14.0 Å². The molecule has 2 aliphatic rings. The molecular formula is C28H36ClN3O5. The third-order valence-electron chi connectivity index (χ3n) is 8.34. The Morgan fingerprint density at radius 1 is 1.19 bits per heavy atom. The van der Waals surface area contributed by atoms with Gasteiger partial charge in [0.2, 0.25) is 5.91 Å². The molecule has 3 unspecified atom stereocenters. The van der Waals surface area contributed by atoms with Crippen molar-refractivity contribution in [3.05, 3.63) is 47.2 Å². The van der Waals surface area contributed by atoms with Gasteiger partial charge in [-0.1, -0.05) is 18.5 Å². The van der Waals surface area contributed by atoms with Gasteiger partial charge in [-0.05, 0) is 89.4 Å². The Balaban J connectivity index is 1.46. The zero-order valence-corrected chi connectivity index (χ0v) is 22.6. The number of furan rings is 1. The summed E-state index contributed by atoms with van der Waals surface area (Å²) in [5, 5.41) is 13.8. The second-order valence-electron chi connectivity index (χ2n) is 10.5. The van der Waals surface area contributed by atoms with E-state index in [0.717, 1.165) is 12.0 Å². The van der Waals surface area contributed by atoms with E-state index in [1.165, 1.54) is 0 Å². The summed E-state index contributed by atoms with van der Waals surface area (Å²) in [4.78, 5) is 42.9. The smallest absolute Gasteiger partial charge is 0.311 e. The van der Waals surface area contributed by atoms with Crippen LogP contribution in [0.25, 0.3) is 11.3 Å². The highest BCUT2D eigenvalue weighted by Gasteiger charge is 2.54. The summed E-state index contributed by atoms with van der Waals surface area (Å²) in [6, 6.07) is 9.71. The van der Waals surface area contributed by atoms with E-state index < -0.39 is 29.4 Å². The number of benzene rings is 1. The van der Waals surface area contributed by atoms with Crippen molar-refractivity contribution in [1.29, 1.82) is 0 Å². The van der Waals surface area contributed by atoms with Gasteiger partial charge >= 0.3 is 5.97 Å². The number of carboxylic acids is 1. The summed E-state index contributed by atoms with van der Waals surface area (Å²) >= 11 is 5.94. The molecule has 37 heavy (non-hydrogen) atoms. The summed E-state index contributed by atoms with van der Waals surface area (Å²) in [7, 11) is 2.04. The van der Waals surface area contributed by atoms with Crippen molar-refractivity contribution >= 4 is 29.4 Å². The number of hydrogen-bond donors (Lipinski definition) is 2. The molecule has 1 aliphatic carbocycles. The Morgan fingerprint density at radius 2 is 1.89 bits per heavy atom. The quantitative estimate of drug-likeness (QED) is 0.515. The Labute approximate surface area is 222 Å². The van der Waals surface area contributed by atoms with Gasteiger partial charge in [-0.2, -0.15) is 0 Å². The minimum Gasteiger partial charge on any atom is -0.481 e. The number of halogens is 1. The molecule has 2 N–H and O–H groups in total. The van der Waals surface area contributed by atoms with Gasteiger partial charge in [0.25, 0.3) is 5.91 Å². The molecule has 0 spiro atoms. The van der Waals surface area contributed by atoms with Gasteiger partial charge in [0, 0.05) is 35.3 Å². The number of aliphatic carboxylic acids is 1. The molecule has 4 rings (SSSR count). The third-order valence-corrected chi connectivity index (χ3v) is 8.59. The first-order valence-electron chi connectivity index (χ1n) is 13.0. The van der Waals surface area contributed by atoms with Crippen molar-refractivity contribution in [3.8, 4) is 11.3 Å². The molecule has 200 valence electrons. The summed E-state index contributed by atoms with van der Waals surface area (Å²) < 4.78 is 5.73. The van der Waals surface area contributed by atoms with E-state index in [4.69, 9.17) is 16.0 Å². The van der Waals surface area contributed by atoms with Gasteiger partial charge in [-0.3, -0.25) is 14.4 Å². The second kappa shape index (κ2) is 10.9. The summed E-state index contributed by atoms with van der Waals surface area (Å²) in [5.74, 6) is -0.909. The maximum Gasteiger partial charge on any atom is 0.311 e. The van der Waals surface area contributed by atoms with Crippen molar-refractivity contribution in [2.45, 2.75) is 77.0 Å². The molecule has 1 saturated heterocycles. The standard InChI is InChI=1S/C28H36ClN3O5/c1-5-28(27(35)36)16-20(31(4)17(2)3)10-13-24(28)32-15-14-21(26(32)34)30-25(33)23-12-11-22(37-23)18-6-8-19(29)9-7-18/h6-9,11-12,17,20-21,24H,5,10,13-16H2,1-4H3,(H,30,33)(H,35,36)/t20?,21-,24?,28?/m0/s1. The van der Waals surface area contributed by atoms with Crippen LogP contribution in [0.15, 0.2) is 40.8 Å². The zero-order valence-electron chi connectivity index (χ0n) is 21.9. The summed E-state index contributed by atoms with van der Waals surface area (Å²) in [5.41, 5.74) is -0.232. The number of likely N-dealkylation sites (tertiary alicyclic amines) is 1. The average Bonchev–Trinajstić information content (AvgIpc) is 3.51. The molecule has 2 aromatic rings. The monoisotopic (exact) mass is 529 g/mol.